The van der Waals surface area contributed by atoms with Crippen LogP contribution in [0.4, 0.5) is 0 Å². The van der Waals surface area contributed by atoms with Crippen LogP contribution < -0.4 is 5.32 Å². The van der Waals surface area contributed by atoms with Crippen molar-refractivity contribution >= 4 is 0 Å². The molecule has 1 unspecified atom stereocenters. The first-order valence-electron chi connectivity index (χ1n) is 7.63. The van der Waals surface area contributed by atoms with E-state index >= 15 is 0 Å². The van der Waals surface area contributed by atoms with Crippen molar-refractivity contribution in [3.8, 4) is 0 Å². The van der Waals surface area contributed by atoms with E-state index in [1.54, 1.807) is 11.1 Å². The molecule has 2 rings (SSSR count). The highest BCUT2D eigenvalue weighted by molar-refractivity contribution is 5.28. The Balaban J connectivity index is 2.17. The molecule has 0 spiro atoms. The lowest BCUT2D eigenvalue weighted by molar-refractivity contribution is 0.442. The van der Waals surface area contributed by atoms with E-state index < -0.39 is 0 Å². The number of allylic oxidation sites excluding steroid dienone is 1. The van der Waals surface area contributed by atoms with Crippen LogP contribution >= 0.6 is 0 Å². The molecular weight excluding hydrogens is 242 g/mol. The molecule has 0 aliphatic heterocycles. The van der Waals surface area contributed by atoms with Gasteiger partial charge in [-0.2, -0.15) is 0 Å². The molecule has 0 saturated carbocycles. The molecule has 0 amide bonds. The molecule has 108 valence electrons. The van der Waals surface area contributed by atoms with E-state index in [4.69, 9.17) is 0 Å². The van der Waals surface area contributed by atoms with Crippen molar-refractivity contribution < 1.29 is 0 Å². The van der Waals surface area contributed by atoms with Gasteiger partial charge in [-0.3, -0.25) is 0 Å². The lowest BCUT2D eigenvalue weighted by Crippen LogP contribution is -2.22. The van der Waals surface area contributed by atoms with E-state index in [1.165, 1.54) is 18.4 Å². The van der Waals surface area contributed by atoms with E-state index in [0.717, 1.165) is 13.0 Å². The minimum absolute atomic E-state index is 0.384. The van der Waals surface area contributed by atoms with Gasteiger partial charge in [-0.15, -0.1) is 6.58 Å². The van der Waals surface area contributed by atoms with Crippen molar-refractivity contribution in [3.63, 3.8) is 0 Å². The molecule has 20 heavy (non-hydrogen) atoms. The Morgan fingerprint density at radius 3 is 2.55 bits per heavy atom. The second-order valence-electron chi connectivity index (χ2n) is 6.48. The molecule has 0 bridgehead atoms. The summed E-state index contributed by atoms with van der Waals surface area (Å²) in [6.07, 6.45) is 5.60. The third-order valence-electron chi connectivity index (χ3n) is 4.76. The average Bonchev–Trinajstić information content (AvgIpc) is 2.71. The van der Waals surface area contributed by atoms with E-state index in [-0.39, 0.29) is 0 Å². The van der Waals surface area contributed by atoms with Crippen molar-refractivity contribution in [2.75, 3.05) is 6.54 Å². The molecule has 1 nitrogen and oxygen atoms in total. The van der Waals surface area contributed by atoms with Crippen LogP contribution in [0.1, 0.15) is 51.6 Å². The van der Waals surface area contributed by atoms with Crippen LogP contribution in [0.2, 0.25) is 0 Å². The summed E-state index contributed by atoms with van der Waals surface area (Å²) in [5.41, 5.74) is 4.99. The molecule has 0 saturated heterocycles. The smallest absolute Gasteiger partial charge is 0.0360 e. The maximum Gasteiger partial charge on any atom is 0.0360 e. The summed E-state index contributed by atoms with van der Waals surface area (Å²) in [6, 6.07) is 11.2. The average molecular weight is 269 g/mol. The fraction of sp³-hybridized carbons (Fsp3) is 0.474. The Labute approximate surface area is 123 Å². The number of hydrogen-bond acceptors (Lipinski definition) is 1. The van der Waals surface area contributed by atoms with Crippen LogP contribution in [-0.2, 0) is 0 Å². The van der Waals surface area contributed by atoms with Gasteiger partial charge in [-0.25, -0.2) is 0 Å². The van der Waals surface area contributed by atoms with Gasteiger partial charge in [-0.05, 0) is 37.2 Å². The van der Waals surface area contributed by atoms with Crippen molar-refractivity contribution in [3.05, 3.63) is 59.7 Å². The molecule has 0 heterocycles. The first-order valence-corrected chi connectivity index (χ1v) is 7.63. The highest BCUT2D eigenvalue weighted by Gasteiger charge is 2.30. The molecule has 1 atom stereocenters. The number of rotatable bonds is 6. The minimum Gasteiger partial charge on any atom is -0.306 e. The van der Waals surface area contributed by atoms with Gasteiger partial charge in [0.15, 0.2) is 0 Å². The predicted octanol–water partition coefficient (Wildman–Crippen LogP) is 5.03. The summed E-state index contributed by atoms with van der Waals surface area (Å²) in [7, 11) is 0. The zero-order valence-electron chi connectivity index (χ0n) is 13.1. The molecule has 1 aromatic carbocycles. The Morgan fingerprint density at radius 1 is 1.30 bits per heavy atom. The van der Waals surface area contributed by atoms with Crippen LogP contribution in [0, 0.1) is 5.41 Å². The van der Waals surface area contributed by atoms with Crippen LogP contribution in [0.3, 0.4) is 0 Å². The SMILES string of the molecule is C=CCNC(CC1=C(C)C(C)(C)CC1)c1ccccc1. The van der Waals surface area contributed by atoms with E-state index in [1.807, 2.05) is 6.08 Å². The van der Waals surface area contributed by atoms with Gasteiger partial charge >= 0.3 is 0 Å². The maximum atomic E-state index is 3.82. The summed E-state index contributed by atoms with van der Waals surface area (Å²) in [4.78, 5) is 0. The maximum absolute atomic E-state index is 3.82. The molecule has 1 aliphatic rings. The predicted molar refractivity (Wildman–Crippen MR) is 87.7 cm³/mol. The van der Waals surface area contributed by atoms with E-state index in [2.05, 4.69) is 63.0 Å². The second-order valence-corrected chi connectivity index (χ2v) is 6.48. The number of nitrogens with one attached hydrogen (secondary N) is 1. The van der Waals surface area contributed by atoms with Gasteiger partial charge in [0.2, 0.25) is 0 Å². The van der Waals surface area contributed by atoms with Crippen LogP contribution in [0.5, 0.6) is 0 Å². The third-order valence-corrected chi connectivity index (χ3v) is 4.76. The van der Waals surface area contributed by atoms with Crippen LogP contribution in [0.25, 0.3) is 0 Å². The van der Waals surface area contributed by atoms with Gasteiger partial charge < -0.3 is 5.32 Å². The largest absolute Gasteiger partial charge is 0.306 e. The number of hydrogen-bond donors (Lipinski definition) is 1. The summed E-state index contributed by atoms with van der Waals surface area (Å²) in [6.45, 7) is 11.7. The Morgan fingerprint density at radius 2 is 2.00 bits per heavy atom. The molecule has 0 aromatic heterocycles. The van der Waals surface area contributed by atoms with Gasteiger partial charge in [-0.1, -0.05) is 61.4 Å². The first kappa shape index (κ1) is 15.1. The van der Waals surface area contributed by atoms with Crippen molar-refractivity contribution in [2.45, 2.75) is 46.1 Å². The minimum atomic E-state index is 0.384. The van der Waals surface area contributed by atoms with E-state index in [9.17, 15) is 0 Å². The molecule has 1 aliphatic carbocycles. The van der Waals surface area contributed by atoms with E-state index in [0.29, 0.717) is 11.5 Å². The molecule has 1 heteroatoms. The van der Waals surface area contributed by atoms with Crippen LogP contribution in [0.15, 0.2) is 54.1 Å². The molecule has 0 radical (unpaired) electrons. The monoisotopic (exact) mass is 269 g/mol. The van der Waals surface area contributed by atoms with Gasteiger partial charge in [0, 0.05) is 12.6 Å². The second kappa shape index (κ2) is 6.41. The fourth-order valence-electron chi connectivity index (χ4n) is 3.04. The number of benzene rings is 1. The van der Waals surface area contributed by atoms with Crippen molar-refractivity contribution in [2.24, 2.45) is 5.41 Å². The molecule has 0 fully saturated rings. The van der Waals surface area contributed by atoms with Crippen molar-refractivity contribution in [1.82, 2.24) is 5.32 Å². The Hall–Kier alpha value is -1.34. The van der Waals surface area contributed by atoms with Crippen molar-refractivity contribution in [1.29, 1.82) is 0 Å². The third kappa shape index (κ3) is 3.40. The quantitative estimate of drug-likeness (QED) is 0.714. The normalized spacial score (nSPS) is 19.1. The summed E-state index contributed by atoms with van der Waals surface area (Å²) in [5.74, 6) is 0. The van der Waals surface area contributed by atoms with Gasteiger partial charge in [0.1, 0.15) is 0 Å². The summed E-state index contributed by atoms with van der Waals surface area (Å²) < 4.78 is 0. The highest BCUT2D eigenvalue weighted by atomic mass is 14.9. The lowest BCUT2D eigenvalue weighted by atomic mass is 9.86. The molecule has 1 aromatic rings. The highest BCUT2D eigenvalue weighted by Crippen LogP contribution is 2.44. The lowest BCUT2D eigenvalue weighted by Gasteiger charge is -2.22. The zero-order valence-corrected chi connectivity index (χ0v) is 13.1. The first-order chi connectivity index (χ1) is 9.54. The Kier molecular flexibility index (Phi) is 4.82. The molecule has 1 N–H and O–H groups in total. The summed E-state index contributed by atoms with van der Waals surface area (Å²) in [5, 5.41) is 3.61. The van der Waals surface area contributed by atoms with Gasteiger partial charge in [0.05, 0.1) is 0 Å². The molecular formula is C19H27N. The Bertz CT molecular complexity index is 482. The summed E-state index contributed by atoms with van der Waals surface area (Å²) >= 11 is 0. The standard InChI is InChI=1S/C19H27N/c1-5-13-20-18(16-9-7-6-8-10-16)14-17-11-12-19(3,4)15(17)2/h5-10,18,20H,1,11-14H2,2-4H3. The zero-order chi connectivity index (χ0) is 14.6. The topological polar surface area (TPSA) is 12.0 Å². The fourth-order valence-corrected chi connectivity index (χ4v) is 3.04. The van der Waals surface area contributed by atoms with Crippen LogP contribution in [-0.4, -0.2) is 6.54 Å². The van der Waals surface area contributed by atoms with Gasteiger partial charge in [0.25, 0.3) is 0 Å².